The van der Waals surface area contributed by atoms with Crippen molar-refractivity contribution in [2.24, 2.45) is 0 Å². The SMILES string of the molecule is C=CCn1c(S[C@H](C)C(=O)Nc2cccc(F)c2)nnc1-c1ccc(OC)cc1. The zero-order valence-corrected chi connectivity index (χ0v) is 16.9. The molecule has 0 unspecified atom stereocenters. The van der Waals surface area contributed by atoms with Crippen LogP contribution in [0.15, 0.2) is 66.3 Å². The van der Waals surface area contributed by atoms with Gasteiger partial charge in [0, 0.05) is 17.8 Å². The van der Waals surface area contributed by atoms with E-state index in [1.165, 1.54) is 23.9 Å². The highest BCUT2D eigenvalue weighted by Crippen LogP contribution is 2.28. The smallest absolute Gasteiger partial charge is 0.237 e. The summed E-state index contributed by atoms with van der Waals surface area (Å²) in [6.07, 6.45) is 1.75. The van der Waals surface area contributed by atoms with Gasteiger partial charge in [0.05, 0.1) is 12.4 Å². The molecule has 2 aromatic carbocycles. The van der Waals surface area contributed by atoms with Gasteiger partial charge in [-0.1, -0.05) is 23.9 Å². The minimum absolute atomic E-state index is 0.250. The van der Waals surface area contributed by atoms with Crippen LogP contribution in [0.3, 0.4) is 0 Å². The molecule has 0 saturated heterocycles. The minimum atomic E-state index is -0.463. The number of rotatable bonds is 8. The summed E-state index contributed by atoms with van der Waals surface area (Å²) in [6, 6.07) is 13.3. The van der Waals surface area contributed by atoms with Gasteiger partial charge in [0.2, 0.25) is 5.91 Å². The number of halogens is 1. The van der Waals surface area contributed by atoms with E-state index in [9.17, 15) is 9.18 Å². The molecule has 8 heteroatoms. The maximum Gasteiger partial charge on any atom is 0.237 e. The summed E-state index contributed by atoms with van der Waals surface area (Å²) >= 11 is 1.28. The second-order valence-electron chi connectivity index (χ2n) is 6.19. The van der Waals surface area contributed by atoms with Crippen molar-refractivity contribution in [2.45, 2.75) is 23.9 Å². The highest BCUT2D eigenvalue weighted by atomic mass is 32.2. The van der Waals surface area contributed by atoms with E-state index in [1.54, 1.807) is 32.2 Å². The van der Waals surface area contributed by atoms with Gasteiger partial charge < -0.3 is 10.1 Å². The number of amides is 1. The molecule has 3 rings (SSSR count). The molecule has 1 heterocycles. The zero-order valence-electron chi connectivity index (χ0n) is 16.1. The molecule has 150 valence electrons. The molecule has 0 radical (unpaired) electrons. The van der Waals surface area contributed by atoms with Crippen LogP contribution in [0.4, 0.5) is 10.1 Å². The number of allylic oxidation sites excluding steroid dienone is 1. The Morgan fingerprint density at radius 1 is 1.31 bits per heavy atom. The predicted molar refractivity (Wildman–Crippen MR) is 113 cm³/mol. The van der Waals surface area contributed by atoms with Crippen molar-refractivity contribution in [3.8, 4) is 17.1 Å². The number of carbonyl (C=O) groups is 1. The van der Waals surface area contributed by atoms with E-state index in [1.807, 2.05) is 28.8 Å². The van der Waals surface area contributed by atoms with Crippen molar-refractivity contribution < 1.29 is 13.9 Å². The third-order valence-electron chi connectivity index (χ3n) is 4.12. The van der Waals surface area contributed by atoms with E-state index in [4.69, 9.17) is 4.74 Å². The molecule has 1 N–H and O–H groups in total. The van der Waals surface area contributed by atoms with E-state index < -0.39 is 11.1 Å². The van der Waals surface area contributed by atoms with Crippen LogP contribution in [0.5, 0.6) is 5.75 Å². The number of hydrogen-bond donors (Lipinski definition) is 1. The van der Waals surface area contributed by atoms with Gasteiger partial charge in [0.1, 0.15) is 11.6 Å². The number of anilines is 1. The Kier molecular flexibility index (Phi) is 6.66. The van der Waals surface area contributed by atoms with Crippen LogP contribution in [-0.4, -0.2) is 33.0 Å². The van der Waals surface area contributed by atoms with Gasteiger partial charge in [-0.3, -0.25) is 9.36 Å². The fourth-order valence-electron chi connectivity index (χ4n) is 2.64. The Balaban J connectivity index is 1.78. The van der Waals surface area contributed by atoms with Crippen molar-refractivity contribution in [3.63, 3.8) is 0 Å². The monoisotopic (exact) mass is 412 g/mol. The van der Waals surface area contributed by atoms with E-state index in [2.05, 4.69) is 22.1 Å². The van der Waals surface area contributed by atoms with Crippen molar-refractivity contribution in [2.75, 3.05) is 12.4 Å². The lowest BCUT2D eigenvalue weighted by molar-refractivity contribution is -0.115. The Bertz CT molecular complexity index is 1000. The van der Waals surface area contributed by atoms with Crippen LogP contribution in [-0.2, 0) is 11.3 Å². The van der Waals surface area contributed by atoms with Gasteiger partial charge in [-0.05, 0) is 49.4 Å². The van der Waals surface area contributed by atoms with E-state index in [0.717, 1.165) is 11.3 Å². The maximum atomic E-state index is 13.3. The third kappa shape index (κ3) is 5.03. The van der Waals surface area contributed by atoms with E-state index in [-0.39, 0.29) is 5.91 Å². The number of hydrogen-bond acceptors (Lipinski definition) is 5. The predicted octanol–water partition coefficient (Wildman–Crippen LogP) is 4.40. The first-order chi connectivity index (χ1) is 14.0. The zero-order chi connectivity index (χ0) is 20.8. The molecule has 1 atom stereocenters. The van der Waals surface area contributed by atoms with Crippen LogP contribution < -0.4 is 10.1 Å². The van der Waals surface area contributed by atoms with Crippen LogP contribution in [0, 0.1) is 5.82 Å². The first-order valence-corrected chi connectivity index (χ1v) is 9.81. The number of carbonyl (C=O) groups excluding carboxylic acids is 1. The van der Waals surface area contributed by atoms with E-state index in [0.29, 0.717) is 23.2 Å². The van der Waals surface area contributed by atoms with E-state index >= 15 is 0 Å². The van der Waals surface area contributed by atoms with Crippen LogP contribution >= 0.6 is 11.8 Å². The Labute approximate surface area is 172 Å². The first kappa shape index (κ1) is 20.6. The van der Waals surface area contributed by atoms with Gasteiger partial charge in [-0.15, -0.1) is 16.8 Å². The molecule has 1 amide bonds. The molecule has 29 heavy (non-hydrogen) atoms. The second kappa shape index (κ2) is 9.38. The number of aromatic nitrogens is 3. The molecule has 0 fully saturated rings. The summed E-state index contributed by atoms with van der Waals surface area (Å²) in [6.45, 7) is 6.05. The average Bonchev–Trinajstić information content (AvgIpc) is 3.10. The summed E-state index contributed by atoms with van der Waals surface area (Å²) < 4.78 is 20.4. The Morgan fingerprint density at radius 2 is 2.07 bits per heavy atom. The molecule has 0 spiro atoms. The largest absolute Gasteiger partial charge is 0.497 e. The molecule has 3 aromatic rings. The van der Waals surface area contributed by atoms with Gasteiger partial charge in [0.25, 0.3) is 0 Å². The standard InChI is InChI=1S/C21H21FN4O2S/c1-4-12-26-19(15-8-10-18(28-3)11-9-15)24-25-21(26)29-14(2)20(27)23-17-7-5-6-16(22)13-17/h4-11,13-14H,1,12H2,2-3H3,(H,23,27)/t14-/m1/s1. The van der Waals surface area contributed by atoms with Crippen molar-refractivity contribution in [1.82, 2.24) is 14.8 Å². The lowest BCUT2D eigenvalue weighted by Crippen LogP contribution is -2.23. The van der Waals surface area contributed by atoms with Crippen LogP contribution in [0.1, 0.15) is 6.92 Å². The minimum Gasteiger partial charge on any atom is -0.497 e. The molecular formula is C21H21FN4O2S. The highest BCUT2D eigenvalue weighted by molar-refractivity contribution is 8.00. The third-order valence-corrected chi connectivity index (χ3v) is 5.20. The fraction of sp³-hybridized carbons (Fsp3) is 0.190. The number of benzene rings is 2. The topological polar surface area (TPSA) is 69.0 Å². The Hall–Kier alpha value is -3.13. The molecule has 6 nitrogen and oxygen atoms in total. The summed E-state index contributed by atoms with van der Waals surface area (Å²) in [5, 5.41) is 11.4. The molecule has 0 aliphatic carbocycles. The number of ether oxygens (including phenoxy) is 1. The van der Waals surface area contributed by atoms with Gasteiger partial charge in [0.15, 0.2) is 11.0 Å². The summed E-state index contributed by atoms with van der Waals surface area (Å²) in [5.41, 5.74) is 1.29. The van der Waals surface area contributed by atoms with Gasteiger partial charge in [-0.25, -0.2) is 4.39 Å². The molecule has 0 bridgehead atoms. The number of thioether (sulfide) groups is 1. The van der Waals surface area contributed by atoms with Gasteiger partial charge in [-0.2, -0.15) is 0 Å². The van der Waals surface area contributed by atoms with Gasteiger partial charge >= 0.3 is 0 Å². The lowest BCUT2D eigenvalue weighted by atomic mass is 10.2. The first-order valence-electron chi connectivity index (χ1n) is 8.93. The lowest BCUT2D eigenvalue weighted by Gasteiger charge is -2.13. The Morgan fingerprint density at radius 3 is 2.72 bits per heavy atom. The number of methoxy groups -OCH3 is 1. The maximum absolute atomic E-state index is 13.3. The molecule has 0 aliphatic heterocycles. The molecule has 0 saturated carbocycles. The number of nitrogens with zero attached hydrogens (tertiary/aromatic N) is 3. The summed E-state index contributed by atoms with van der Waals surface area (Å²) in [4.78, 5) is 12.5. The molecule has 0 aliphatic rings. The molecule has 1 aromatic heterocycles. The van der Waals surface area contributed by atoms with Crippen LogP contribution in [0.25, 0.3) is 11.4 Å². The van der Waals surface area contributed by atoms with Crippen molar-refractivity contribution in [1.29, 1.82) is 0 Å². The quantitative estimate of drug-likeness (QED) is 0.439. The van der Waals surface area contributed by atoms with Crippen molar-refractivity contribution in [3.05, 3.63) is 67.0 Å². The summed E-state index contributed by atoms with van der Waals surface area (Å²) in [7, 11) is 1.61. The average molecular weight is 412 g/mol. The fourth-order valence-corrected chi connectivity index (χ4v) is 3.50. The molecular weight excluding hydrogens is 391 g/mol. The van der Waals surface area contributed by atoms with Crippen molar-refractivity contribution >= 4 is 23.4 Å². The van der Waals surface area contributed by atoms with Crippen LogP contribution in [0.2, 0.25) is 0 Å². The highest BCUT2D eigenvalue weighted by Gasteiger charge is 2.20. The number of nitrogens with one attached hydrogen (secondary N) is 1. The summed E-state index contributed by atoms with van der Waals surface area (Å²) in [5.74, 6) is 0.770. The second-order valence-corrected chi connectivity index (χ2v) is 7.50. The normalized spacial score (nSPS) is 11.7.